The summed E-state index contributed by atoms with van der Waals surface area (Å²) in [6.07, 6.45) is 0.866. The molecule has 12 nitrogen and oxygen atoms in total. The number of thiazole rings is 1. The van der Waals surface area contributed by atoms with E-state index >= 15 is 0 Å². The molecule has 2 aliphatic rings. The number of nitrogens with two attached hydrogens (primary N) is 1. The largest absolute Gasteiger partial charge is 0.477 e. The highest BCUT2D eigenvalue weighted by Crippen LogP contribution is 2.43. The van der Waals surface area contributed by atoms with Crippen LogP contribution in [0, 0.1) is 6.92 Å². The van der Waals surface area contributed by atoms with E-state index in [4.69, 9.17) is 5.73 Å². The molecular formula is C16H15N7O5S3. The van der Waals surface area contributed by atoms with Crippen molar-refractivity contribution in [3.8, 4) is 0 Å². The molecule has 5 N–H and O–H groups in total. The van der Waals surface area contributed by atoms with Gasteiger partial charge in [-0.25, -0.2) is 9.78 Å². The molecule has 4 rings (SSSR count). The van der Waals surface area contributed by atoms with Gasteiger partial charge < -0.3 is 21.4 Å². The van der Waals surface area contributed by atoms with Crippen LogP contribution in [0.3, 0.4) is 0 Å². The lowest BCUT2D eigenvalue weighted by Gasteiger charge is -2.49. The summed E-state index contributed by atoms with van der Waals surface area (Å²) in [4.78, 5) is 47.0. The Bertz CT molecular complexity index is 1140. The number of fused-ring (bicyclic) bond motifs is 1. The molecule has 4 heterocycles. The number of carboxylic acid groups (broad SMARTS) is 1. The molecule has 2 atom stereocenters. The van der Waals surface area contributed by atoms with Gasteiger partial charge in [-0.05, 0) is 19.8 Å². The van der Waals surface area contributed by atoms with Gasteiger partial charge in [-0.15, -0.1) is 11.3 Å². The van der Waals surface area contributed by atoms with E-state index in [1.807, 2.05) is 12.3 Å². The fraction of sp³-hybridized carbons (Fsp3) is 0.312. The summed E-state index contributed by atoms with van der Waals surface area (Å²) in [5, 5.41) is 26.2. The minimum Gasteiger partial charge on any atom is -0.477 e. The topological polar surface area (TPSA) is 184 Å². The number of β-lactam (4-membered cyclic amide) rings is 1. The highest BCUT2D eigenvalue weighted by atomic mass is 32.2. The van der Waals surface area contributed by atoms with Gasteiger partial charge in [0.2, 0.25) is 11.5 Å². The smallest absolute Gasteiger partial charge is 0.353 e. The van der Waals surface area contributed by atoms with Gasteiger partial charge in [0.05, 0.1) is 6.04 Å². The number of carbonyl (C=O) groups excluding carboxylic acids is 2. The number of hydrogen-bond acceptors (Lipinski definition) is 12. The molecule has 1 saturated heterocycles. The summed E-state index contributed by atoms with van der Waals surface area (Å²) in [6, 6.07) is -1.48. The molecule has 0 spiro atoms. The number of thioether (sulfide) groups is 1. The number of nitrogens with zero attached hydrogens (tertiary/aromatic N) is 5. The van der Waals surface area contributed by atoms with Crippen molar-refractivity contribution in [3.05, 3.63) is 27.5 Å². The number of aryl methyl sites for hydroxylation is 1. The molecule has 0 saturated carbocycles. The molecule has 31 heavy (non-hydrogen) atoms. The van der Waals surface area contributed by atoms with E-state index in [9.17, 15) is 24.7 Å². The molecule has 2 aliphatic heterocycles. The average molecular weight is 482 g/mol. The third kappa shape index (κ3) is 3.86. The minimum absolute atomic E-state index is 0.0822. The molecule has 2 aromatic rings. The van der Waals surface area contributed by atoms with Crippen LogP contribution in [0.5, 0.6) is 0 Å². The van der Waals surface area contributed by atoms with Gasteiger partial charge in [0.15, 0.2) is 9.47 Å². The van der Waals surface area contributed by atoms with Gasteiger partial charge in [0.25, 0.3) is 11.8 Å². The Morgan fingerprint density at radius 2 is 2.19 bits per heavy atom. The Hall–Kier alpha value is -3.04. The lowest BCUT2D eigenvalue weighted by Crippen LogP contribution is -2.72. The molecule has 2 aromatic heterocycles. The number of aromatic nitrogens is 3. The first kappa shape index (κ1) is 21.2. The summed E-state index contributed by atoms with van der Waals surface area (Å²) in [5.74, 6) is -2.82. The minimum atomic E-state index is -1.22. The van der Waals surface area contributed by atoms with Gasteiger partial charge in [0.1, 0.15) is 11.7 Å². The first-order valence-electron chi connectivity index (χ1n) is 8.82. The number of amides is 2. The van der Waals surface area contributed by atoms with E-state index < -0.39 is 35.6 Å². The van der Waals surface area contributed by atoms with Crippen LogP contribution in [0.25, 0.3) is 0 Å². The summed E-state index contributed by atoms with van der Waals surface area (Å²) in [7, 11) is 0. The Labute approximate surface area is 187 Å². The van der Waals surface area contributed by atoms with E-state index in [0.29, 0.717) is 22.1 Å². The highest BCUT2D eigenvalue weighted by molar-refractivity contribution is 8.04. The molecule has 1 unspecified atom stereocenters. The summed E-state index contributed by atoms with van der Waals surface area (Å²) < 4.78 is 4.51. The second-order valence-electron chi connectivity index (χ2n) is 6.60. The quantitative estimate of drug-likeness (QED) is 0.197. The molecule has 0 aromatic carbocycles. The van der Waals surface area contributed by atoms with Crippen LogP contribution in [0.2, 0.25) is 0 Å². The van der Waals surface area contributed by atoms with Crippen molar-refractivity contribution in [3.63, 3.8) is 0 Å². The molecular weight excluding hydrogens is 466 g/mol. The summed E-state index contributed by atoms with van der Waals surface area (Å²) in [6.45, 7) is 1.84. The fourth-order valence-corrected chi connectivity index (χ4v) is 5.84. The third-order valence-corrected chi connectivity index (χ3v) is 7.40. The zero-order valence-electron chi connectivity index (χ0n) is 15.8. The lowest BCUT2D eigenvalue weighted by atomic mass is 9.86. The van der Waals surface area contributed by atoms with Crippen molar-refractivity contribution in [2.75, 3.05) is 5.73 Å². The van der Waals surface area contributed by atoms with Crippen molar-refractivity contribution in [1.29, 1.82) is 0 Å². The van der Waals surface area contributed by atoms with Crippen LogP contribution in [0.4, 0.5) is 5.13 Å². The maximum absolute atomic E-state index is 12.7. The zero-order chi connectivity index (χ0) is 22.3. The number of oxime groups is 1. The maximum atomic E-state index is 12.7. The van der Waals surface area contributed by atoms with Gasteiger partial charge in [0, 0.05) is 27.5 Å². The average Bonchev–Trinajstić information content (AvgIpc) is 3.34. The van der Waals surface area contributed by atoms with Crippen LogP contribution >= 0.6 is 34.6 Å². The Morgan fingerprint density at radius 3 is 2.77 bits per heavy atom. The predicted octanol–water partition coefficient (Wildman–Crippen LogP) is 0.641. The van der Waals surface area contributed by atoms with Crippen molar-refractivity contribution < 1.29 is 24.7 Å². The fourth-order valence-electron chi connectivity index (χ4n) is 3.35. The van der Waals surface area contributed by atoms with Crippen molar-refractivity contribution in [2.24, 2.45) is 5.16 Å². The number of allylic oxidation sites excluding steroid dienone is 1. The zero-order valence-corrected chi connectivity index (χ0v) is 18.3. The van der Waals surface area contributed by atoms with E-state index in [1.165, 1.54) is 28.0 Å². The monoisotopic (exact) mass is 481 g/mol. The molecule has 162 valence electrons. The number of anilines is 1. The number of hydrogen-bond donors (Lipinski definition) is 4. The van der Waals surface area contributed by atoms with Crippen molar-refractivity contribution in [1.82, 2.24) is 24.6 Å². The van der Waals surface area contributed by atoms with Gasteiger partial charge in [-0.3, -0.25) is 14.5 Å². The van der Waals surface area contributed by atoms with Crippen molar-refractivity contribution in [2.45, 2.75) is 36.2 Å². The van der Waals surface area contributed by atoms with E-state index in [0.717, 1.165) is 17.2 Å². The van der Waals surface area contributed by atoms with E-state index in [1.54, 1.807) is 0 Å². The molecule has 1 fully saturated rings. The number of rotatable bonds is 6. The van der Waals surface area contributed by atoms with Gasteiger partial charge >= 0.3 is 5.97 Å². The molecule has 0 radical (unpaired) electrons. The molecule has 15 heteroatoms. The van der Waals surface area contributed by atoms with Crippen LogP contribution in [-0.2, 0) is 14.4 Å². The molecule has 0 bridgehead atoms. The van der Waals surface area contributed by atoms with Crippen molar-refractivity contribution >= 4 is 63.3 Å². The van der Waals surface area contributed by atoms with Crippen LogP contribution in [0.1, 0.15) is 24.4 Å². The normalized spacial score (nSPS) is 21.0. The third-order valence-electron chi connectivity index (χ3n) is 4.66. The second kappa shape index (κ2) is 8.24. The Kier molecular flexibility index (Phi) is 5.63. The predicted molar refractivity (Wildman–Crippen MR) is 112 cm³/mol. The van der Waals surface area contributed by atoms with E-state index in [2.05, 4.69) is 24.8 Å². The summed E-state index contributed by atoms with van der Waals surface area (Å²) in [5.41, 5.74) is 5.73. The number of carbonyl (C=O) groups is 3. The van der Waals surface area contributed by atoms with Crippen LogP contribution in [-0.4, -0.2) is 65.1 Å². The number of nitrogens with one attached hydrogen (secondary N) is 1. The number of carboxylic acids is 1. The Morgan fingerprint density at radius 1 is 1.42 bits per heavy atom. The lowest BCUT2D eigenvalue weighted by molar-refractivity contribution is -0.155. The maximum Gasteiger partial charge on any atom is 0.353 e. The first-order chi connectivity index (χ1) is 14.8. The molecule has 2 amide bonds. The highest BCUT2D eigenvalue weighted by Gasteiger charge is 2.54. The SMILES string of the molecule is Cc1csc(SC2=C(C(=O)O)N3C(=O)C(NC(=O)/C(=N\O)c4nsc(N)n4)[C@H]3CC2)n1. The number of nitrogen functional groups attached to an aromatic ring is 1. The van der Waals surface area contributed by atoms with Gasteiger partial charge in [-0.2, -0.15) is 9.36 Å². The standard InChI is InChI=1S/C16H15N7O5S3/c1-5-4-29-16(18-5)30-7-3-2-6-8(13(25)23(6)10(7)14(26)27)19-12(24)9(21-28)11-20-15(17)31-22-11/h4,6,8,28H,2-3H2,1H3,(H,19,24)(H,26,27)(H2,17,20,22)/b21-9-/t6-,8?/m1/s1. The van der Waals surface area contributed by atoms with Crippen LogP contribution < -0.4 is 11.1 Å². The first-order valence-corrected chi connectivity index (χ1v) is 11.3. The number of aliphatic carboxylic acids is 1. The Balaban J connectivity index is 1.52. The molecule has 0 aliphatic carbocycles. The van der Waals surface area contributed by atoms with Crippen LogP contribution in [0.15, 0.2) is 25.5 Å². The summed E-state index contributed by atoms with van der Waals surface area (Å²) >= 11 is 3.45. The second-order valence-corrected chi connectivity index (χ2v) is 9.59. The van der Waals surface area contributed by atoms with Gasteiger partial charge in [-0.1, -0.05) is 16.9 Å². The van der Waals surface area contributed by atoms with E-state index in [-0.39, 0.29) is 16.7 Å².